The number of rotatable bonds is 3. The van der Waals surface area contributed by atoms with Gasteiger partial charge in [-0.15, -0.1) is 0 Å². The molecule has 0 aromatic rings. The van der Waals surface area contributed by atoms with Gasteiger partial charge in [0, 0.05) is 25.4 Å². The van der Waals surface area contributed by atoms with Gasteiger partial charge in [-0.2, -0.15) is 5.26 Å². The Morgan fingerprint density at radius 1 is 1.75 bits per heavy atom. The molecule has 0 aromatic carbocycles. The molecule has 3 heteroatoms. The molecule has 0 N–H and O–H groups in total. The van der Waals surface area contributed by atoms with Gasteiger partial charge in [0.05, 0.1) is 6.07 Å². The average molecular weight is 166 g/mol. The first-order valence-corrected chi connectivity index (χ1v) is 4.42. The molecule has 1 unspecified atom stereocenters. The largest absolute Gasteiger partial charge is 0.340 e. The lowest BCUT2D eigenvalue weighted by atomic mass is 10.2. The van der Waals surface area contributed by atoms with Gasteiger partial charge in [-0.05, 0) is 19.8 Å². The highest BCUT2D eigenvalue weighted by Crippen LogP contribution is 2.18. The van der Waals surface area contributed by atoms with Crippen molar-refractivity contribution in [2.75, 3.05) is 6.54 Å². The standard InChI is InChI=1S/C9H14N2O/c1-8-4-5-9(12)11(8)7-3-2-6-10/h8H,2-5,7H2,1H3. The molecule has 0 aromatic heterocycles. The number of nitrogens with zero attached hydrogens (tertiary/aromatic N) is 2. The van der Waals surface area contributed by atoms with Crippen LogP contribution in [0.5, 0.6) is 0 Å². The molecule has 12 heavy (non-hydrogen) atoms. The lowest BCUT2D eigenvalue weighted by molar-refractivity contribution is -0.128. The Hall–Kier alpha value is -1.04. The highest BCUT2D eigenvalue weighted by atomic mass is 16.2. The normalized spacial score (nSPS) is 22.8. The van der Waals surface area contributed by atoms with Gasteiger partial charge >= 0.3 is 0 Å². The number of nitriles is 1. The van der Waals surface area contributed by atoms with Crippen LogP contribution in [-0.2, 0) is 4.79 Å². The van der Waals surface area contributed by atoms with E-state index in [1.807, 2.05) is 4.90 Å². The first kappa shape index (κ1) is 9.05. The summed E-state index contributed by atoms with van der Waals surface area (Å²) in [5.41, 5.74) is 0. The molecule has 1 atom stereocenters. The van der Waals surface area contributed by atoms with E-state index in [0.717, 1.165) is 19.4 Å². The topological polar surface area (TPSA) is 44.1 Å². The third-order valence-corrected chi connectivity index (χ3v) is 2.32. The zero-order valence-corrected chi connectivity index (χ0v) is 7.42. The number of hydrogen-bond donors (Lipinski definition) is 0. The van der Waals surface area contributed by atoms with Gasteiger partial charge < -0.3 is 4.90 Å². The summed E-state index contributed by atoms with van der Waals surface area (Å²) in [5.74, 6) is 0.250. The molecule has 66 valence electrons. The number of hydrogen-bond acceptors (Lipinski definition) is 2. The van der Waals surface area contributed by atoms with Gasteiger partial charge in [0.1, 0.15) is 0 Å². The molecule has 1 aliphatic rings. The SMILES string of the molecule is CC1CCC(=O)N1CCCC#N. The minimum atomic E-state index is 0.250. The molecule has 1 heterocycles. The van der Waals surface area contributed by atoms with Gasteiger partial charge in [-0.3, -0.25) is 4.79 Å². The van der Waals surface area contributed by atoms with Gasteiger partial charge in [0.2, 0.25) is 5.91 Å². The van der Waals surface area contributed by atoms with E-state index in [9.17, 15) is 4.79 Å². The predicted molar refractivity (Wildman–Crippen MR) is 45.3 cm³/mol. The van der Waals surface area contributed by atoms with Crippen molar-refractivity contribution in [2.24, 2.45) is 0 Å². The van der Waals surface area contributed by atoms with Crippen molar-refractivity contribution in [1.29, 1.82) is 5.26 Å². The second-order valence-corrected chi connectivity index (χ2v) is 3.24. The van der Waals surface area contributed by atoms with Crippen LogP contribution in [-0.4, -0.2) is 23.4 Å². The summed E-state index contributed by atoms with van der Waals surface area (Å²) in [6.07, 6.45) is 3.03. The van der Waals surface area contributed by atoms with E-state index in [0.29, 0.717) is 18.9 Å². The van der Waals surface area contributed by atoms with Crippen LogP contribution in [0.25, 0.3) is 0 Å². The van der Waals surface area contributed by atoms with Crippen molar-refractivity contribution in [3.63, 3.8) is 0 Å². The summed E-state index contributed by atoms with van der Waals surface area (Å²) in [5, 5.41) is 8.32. The highest BCUT2D eigenvalue weighted by molar-refractivity contribution is 5.78. The Morgan fingerprint density at radius 2 is 2.50 bits per heavy atom. The Balaban J connectivity index is 2.30. The van der Waals surface area contributed by atoms with Crippen molar-refractivity contribution >= 4 is 5.91 Å². The minimum Gasteiger partial charge on any atom is -0.340 e. The van der Waals surface area contributed by atoms with E-state index < -0.39 is 0 Å². The highest BCUT2D eigenvalue weighted by Gasteiger charge is 2.26. The van der Waals surface area contributed by atoms with Crippen LogP contribution in [0, 0.1) is 11.3 Å². The number of carbonyl (C=O) groups excluding carboxylic acids is 1. The maximum atomic E-state index is 11.2. The molecule has 0 aliphatic carbocycles. The summed E-state index contributed by atoms with van der Waals surface area (Å²) < 4.78 is 0. The maximum Gasteiger partial charge on any atom is 0.222 e. The average Bonchev–Trinajstić information content (AvgIpc) is 2.35. The molecule has 1 aliphatic heterocycles. The third-order valence-electron chi connectivity index (χ3n) is 2.32. The Bertz CT molecular complexity index is 207. The third kappa shape index (κ3) is 1.97. The van der Waals surface area contributed by atoms with E-state index in [1.165, 1.54) is 0 Å². The summed E-state index contributed by atoms with van der Waals surface area (Å²) in [4.78, 5) is 13.1. The fourth-order valence-electron chi connectivity index (χ4n) is 1.55. The number of carbonyl (C=O) groups is 1. The fourth-order valence-corrected chi connectivity index (χ4v) is 1.55. The Morgan fingerprint density at radius 3 is 3.00 bits per heavy atom. The van der Waals surface area contributed by atoms with E-state index >= 15 is 0 Å². The molecule has 0 saturated carbocycles. The number of amides is 1. The van der Waals surface area contributed by atoms with E-state index in [-0.39, 0.29) is 5.91 Å². The molecule has 0 bridgehead atoms. The smallest absolute Gasteiger partial charge is 0.222 e. The lowest BCUT2D eigenvalue weighted by Crippen LogP contribution is -2.31. The van der Waals surface area contributed by atoms with Gasteiger partial charge in [-0.25, -0.2) is 0 Å². The molecular weight excluding hydrogens is 152 g/mol. The van der Waals surface area contributed by atoms with Crippen LogP contribution >= 0.6 is 0 Å². The van der Waals surface area contributed by atoms with Crippen LogP contribution in [0.15, 0.2) is 0 Å². The molecule has 0 radical (unpaired) electrons. The fraction of sp³-hybridized carbons (Fsp3) is 0.778. The molecule has 0 spiro atoms. The summed E-state index contributed by atoms with van der Waals surface area (Å²) in [6.45, 7) is 2.82. The van der Waals surface area contributed by atoms with Gasteiger partial charge in [0.15, 0.2) is 0 Å². The first-order valence-electron chi connectivity index (χ1n) is 4.42. The monoisotopic (exact) mass is 166 g/mol. The zero-order chi connectivity index (χ0) is 8.97. The van der Waals surface area contributed by atoms with E-state index in [1.54, 1.807) is 0 Å². The lowest BCUT2D eigenvalue weighted by Gasteiger charge is -2.20. The van der Waals surface area contributed by atoms with Crippen molar-refractivity contribution < 1.29 is 4.79 Å². The summed E-state index contributed by atoms with van der Waals surface area (Å²) in [6, 6.07) is 2.47. The maximum absolute atomic E-state index is 11.2. The van der Waals surface area contributed by atoms with Crippen LogP contribution in [0.4, 0.5) is 0 Å². The predicted octanol–water partition coefficient (Wildman–Crippen LogP) is 1.30. The minimum absolute atomic E-state index is 0.250. The van der Waals surface area contributed by atoms with E-state index in [2.05, 4.69) is 13.0 Å². The van der Waals surface area contributed by atoms with Crippen molar-refractivity contribution in [1.82, 2.24) is 4.90 Å². The van der Waals surface area contributed by atoms with Crippen LogP contribution in [0.3, 0.4) is 0 Å². The molecule has 1 rings (SSSR count). The Labute approximate surface area is 73.0 Å². The number of likely N-dealkylation sites (tertiary alicyclic amines) is 1. The van der Waals surface area contributed by atoms with Gasteiger partial charge in [0.25, 0.3) is 0 Å². The second kappa shape index (κ2) is 4.10. The molecular formula is C9H14N2O. The quantitative estimate of drug-likeness (QED) is 0.593. The van der Waals surface area contributed by atoms with E-state index in [4.69, 9.17) is 5.26 Å². The Kier molecular flexibility index (Phi) is 3.09. The van der Waals surface area contributed by atoms with Crippen molar-refractivity contribution in [3.05, 3.63) is 0 Å². The summed E-state index contributed by atoms with van der Waals surface area (Å²) in [7, 11) is 0. The molecule has 3 nitrogen and oxygen atoms in total. The summed E-state index contributed by atoms with van der Waals surface area (Å²) >= 11 is 0. The van der Waals surface area contributed by atoms with Crippen molar-refractivity contribution in [2.45, 2.75) is 38.6 Å². The molecule has 1 amide bonds. The molecule has 1 saturated heterocycles. The van der Waals surface area contributed by atoms with Crippen LogP contribution < -0.4 is 0 Å². The first-order chi connectivity index (χ1) is 5.75. The van der Waals surface area contributed by atoms with Crippen molar-refractivity contribution in [3.8, 4) is 6.07 Å². The zero-order valence-electron chi connectivity index (χ0n) is 7.42. The second-order valence-electron chi connectivity index (χ2n) is 3.24. The van der Waals surface area contributed by atoms with Crippen LogP contribution in [0.2, 0.25) is 0 Å². The number of unbranched alkanes of at least 4 members (excludes halogenated alkanes) is 1. The van der Waals surface area contributed by atoms with Gasteiger partial charge in [-0.1, -0.05) is 0 Å². The molecule has 1 fully saturated rings. The van der Waals surface area contributed by atoms with Crippen LogP contribution in [0.1, 0.15) is 32.6 Å².